The van der Waals surface area contributed by atoms with Crippen LogP contribution in [0.1, 0.15) is 90.5 Å². The molecule has 6 rings (SSSR count). The monoisotopic (exact) mass is 726 g/mol. The number of hydrogen-bond donors (Lipinski definition) is 0. The molecule has 0 atom stereocenters. The molecule has 0 saturated heterocycles. The maximum atomic E-state index is 2.38. The third-order valence-corrected chi connectivity index (χ3v) is 8.75. The molecule has 0 saturated carbocycles. The summed E-state index contributed by atoms with van der Waals surface area (Å²) < 4.78 is 0. The van der Waals surface area contributed by atoms with Crippen molar-refractivity contribution in [2.24, 2.45) is 0 Å². The first-order valence-electron chi connectivity index (χ1n) is 17.6. The summed E-state index contributed by atoms with van der Waals surface area (Å²) in [4.78, 5) is 0. The van der Waals surface area contributed by atoms with Crippen molar-refractivity contribution in [2.75, 3.05) is 0 Å². The van der Waals surface area contributed by atoms with Crippen molar-refractivity contribution in [3.8, 4) is 22.3 Å². The first-order valence-corrected chi connectivity index (χ1v) is 19.6. The molecule has 0 fully saturated rings. The summed E-state index contributed by atoms with van der Waals surface area (Å²) in [7, 11) is 1.08. The minimum absolute atomic E-state index is 0. The second kappa shape index (κ2) is 17.7. The molecule has 0 unspecified atom stereocenters. The van der Waals surface area contributed by atoms with Crippen molar-refractivity contribution in [3.05, 3.63) is 131 Å². The molecule has 0 heterocycles. The summed E-state index contributed by atoms with van der Waals surface area (Å²) in [5.74, 6) is 0. The van der Waals surface area contributed by atoms with Crippen LogP contribution < -0.4 is 0 Å². The van der Waals surface area contributed by atoms with Crippen LogP contribution in [0, 0.1) is 0 Å². The second-order valence-electron chi connectivity index (χ2n) is 14.9. The van der Waals surface area contributed by atoms with Gasteiger partial charge in [0.2, 0.25) is 0 Å². The van der Waals surface area contributed by atoms with E-state index in [0.717, 1.165) is 22.4 Å². The SMILES string of the molecule is CCCc1cc2c(-c3ccccc3C(C)(C)C)cccc2[cH-]1.CCCc1cc2c(-c3ccccc3C(C)(C)C)cccc2[cH-]1.C[Si]C.[Zr+2]. The molecule has 6 aromatic carbocycles. The molecule has 0 aliphatic heterocycles. The van der Waals surface area contributed by atoms with Crippen LogP contribution in [0.3, 0.4) is 0 Å². The van der Waals surface area contributed by atoms with Crippen LogP contribution in [-0.4, -0.2) is 9.52 Å². The molecular formula is C46H56SiZr. The Hall–Kier alpha value is -2.80. The summed E-state index contributed by atoms with van der Waals surface area (Å²) >= 11 is 0. The van der Waals surface area contributed by atoms with Gasteiger partial charge in [-0.2, -0.15) is 12.1 Å². The first kappa shape index (κ1) is 39.6. The molecular weight excluding hydrogens is 672 g/mol. The number of hydrogen-bond acceptors (Lipinski definition) is 0. The smallest absolute Gasteiger partial charge is 0.164 e. The fourth-order valence-corrected chi connectivity index (χ4v) is 6.67. The minimum Gasteiger partial charge on any atom is -0.164 e. The van der Waals surface area contributed by atoms with Crippen LogP contribution in [0.5, 0.6) is 0 Å². The van der Waals surface area contributed by atoms with Crippen molar-refractivity contribution in [3.63, 3.8) is 0 Å². The van der Waals surface area contributed by atoms with Gasteiger partial charge in [-0.1, -0.05) is 153 Å². The zero-order valence-electron chi connectivity index (χ0n) is 31.2. The van der Waals surface area contributed by atoms with Crippen molar-refractivity contribution >= 4 is 31.1 Å². The summed E-state index contributed by atoms with van der Waals surface area (Å²) in [6.45, 7) is 22.5. The van der Waals surface area contributed by atoms with E-state index in [2.05, 4.69) is 178 Å². The Balaban J connectivity index is 0.000000236. The maximum absolute atomic E-state index is 2.38. The summed E-state index contributed by atoms with van der Waals surface area (Å²) in [5, 5.41) is 5.51. The first-order chi connectivity index (χ1) is 22.4. The van der Waals surface area contributed by atoms with E-state index < -0.39 is 0 Å². The molecule has 248 valence electrons. The van der Waals surface area contributed by atoms with Gasteiger partial charge in [-0.15, -0.1) is 69.1 Å². The normalized spacial score (nSPS) is 11.4. The third-order valence-electron chi connectivity index (χ3n) is 8.75. The quantitative estimate of drug-likeness (QED) is 0.118. The summed E-state index contributed by atoms with van der Waals surface area (Å²) in [6.07, 6.45) is 4.72. The zero-order chi connectivity index (χ0) is 34.2. The molecule has 0 spiro atoms. The zero-order valence-corrected chi connectivity index (χ0v) is 34.7. The average Bonchev–Trinajstić information content (AvgIpc) is 3.65. The van der Waals surface area contributed by atoms with Gasteiger partial charge >= 0.3 is 26.2 Å². The van der Waals surface area contributed by atoms with Gasteiger partial charge < -0.3 is 0 Å². The van der Waals surface area contributed by atoms with Gasteiger partial charge in [0, 0.05) is 9.52 Å². The molecule has 0 N–H and O–H groups in total. The molecule has 2 radical (unpaired) electrons. The fraction of sp³-hybridized carbons (Fsp3) is 0.348. The Morgan fingerprint density at radius 3 is 1.17 bits per heavy atom. The Labute approximate surface area is 314 Å². The average molecular weight is 728 g/mol. The third kappa shape index (κ3) is 9.67. The van der Waals surface area contributed by atoms with E-state index in [4.69, 9.17) is 0 Å². The van der Waals surface area contributed by atoms with Gasteiger partial charge in [0.05, 0.1) is 0 Å². The van der Waals surface area contributed by atoms with Crippen LogP contribution in [0.15, 0.2) is 109 Å². The van der Waals surface area contributed by atoms with Gasteiger partial charge in [-0.05, 0) is 45.9 Å². The Morgan fingerprint density at radius 1 is 0.500 bits per heavy atom. The van der Waals surface area contributed by atoms with Gasteiger partial charge in [0.1, 0.15) is 0 Å². The molecule has 48 heavy (non-hydrogen) atoms. The van der Waals surface area contributed by atoms with E-state index >= 15 is 0 Å². The molecule has 0 aliphatic rings. The largest absolute Gasteiger partial charge is 2.00 e. The number of fused-ring (bicyclic) bond motifs is 2. The van der Waals surface area contributed by atoms with Crippen LogP contribution in [-0.2, 0) is 49.9 Å². The van der Waals surface area contributed by atoms with E-state index in [1.54, 1.807) is 0 Å². The minimum atomic E-state index is 0. The van der Waals surface area contributed by atoms with Crippen molar-refractivity contribution in [1.29, 1.82) is 0 Å². The standard InChI is InChI=1S/2C22H25.C2H6Si.Zr/c2*1-5-9-16-14-17-10-8-12-18(20(17)15-16)19-11-6-7-13-21(19)22(2,3)4;1-3-2;/h2*6-8,10-15H,5,9H2,1-4H3;1-2H3;/q2*-1;;+2. The van der Waals surface area contributed by atoms with Crippen molar-refractivity contribution in [2.45, 2.75) is 105 Å². The molecule has 0 nitrogen and oxygen atoms in total. The van der Waals surface area contributed by atoms with E-state index in [1.165, 1.54) is 78.9 Å². The van der Waals surface area contributed by atoms with Crippen LogP contribution in [0.25, 0.3) is 43.8 Å². The predicted molar refractivity (Wildman–Crippen MR) is 213 cm³/mol. The van der Waals surface area contributed by atoms with Gasteiger partial charge in [0.15, 0.2) is 0 Å². The van der Waals surface area contributed by atoms with Gasteiger partial charge in [-0.3, -0.25) is 0 Å². The van der Waals surface area contributed by atoms with Crippen LogP contribution in [0.2, 0.25) is 13.1 Å². The Bertz CT molecular complexity index is 1730. The van der Waals surface area contributed by atoms with Crippen LogP contribution >= 0.6 is 0 Å². The maximum Gasteiger partial charge on any atom is 2.00 e. The molecule has 0 aliphatic carbocycles. The number of benzene rings is 4. The van der Waals surface area contributed by atoms with E-state index in [9.17, 15) is 0 Å². The molecule has 0 bridgehead atoms. The second-order valence-corrected chi connectivity index (χ2v) is 15.9. The molecule has 2 heteroatoms. The van der Waals surface area contributed by atoms with Crippen molar-refractivity contribution < 1.29 is 26.2 Å². The van der Waals surface area contributed by atoms with E-state index in [1.807, 2.05) is 0 Å². The predicted octanol–water partition coefficient (Wildman–Crippen LogP) is 13.7. The summed E-state index contributed by atoms with van der Waals surface area (Å²) in [5.41, 5.74) is 11.5. The van der Waals surface area contributed by atoms with E-state index in [-0.39, 0.29) is 37.0 Å². The fourth-order valence-electron chi connectivity index (χ4n) is 6.67. The van der Waals surface area contributed by atoms with Crippen LogP contribution in [0.4, 0.5) is 0 Å². The Kier molecular flexibility index (Phi) is 14.6. The number of rotatable bonds is 6. The molecule has 0 amide bonds. The Morgan fingerprint density at radius 2 is 0.833 bits per heavy atom. The summed E-state index contributed by atoms with van der Waals surface area (Å²) in [6, 6.07) is 40.5. The molecule has 6 aromatic rings. The van der Waals surface area contributed by atoms with Gasteiger partial charge in [-0.25, -0.2) is 0 Å². The topological polar surface area (TPSA) is 0 Å². The van der Waals surface area contributed by atoms with Crippen molar-refractivity contribution in [1.82, 2.24) is 0 Å². The molecule has 0 aromatic heterocycles. The number of aryl methyl sites for hydroxylation is 2. The van der Waals surface area contributed by atoms with Gasteiger partial charge in [0.25, 0.3) is 0 Å². The van der Waals surface area contributed by atoms with E-state index in [0.29, 0.717) is 0 Å².